The van der Waals surface area contributed by atoms with Gasteiger partial charge in [0.15, 0.2) is 6.10 Å². The molecule has 26 heavy (non-hydrogen) atoms. The number of aryl methyl sites for hydroxylation is 1. The molecule has 0 bridgehead atoms. The second kappa shape index (κ2) is 9.87. The molecule has 0 aromatic heterocycles. The van der Waals surface area contributed by atoms with E-state index in [1.807, 2.05) is 38.1 Å². The van der Waals surface area contributed by atoms with E-state index in [4.69, 9.17) is 9.47 Å². The Bertz CT molecular complexity index is 746. The molecule has 2 aromatic carbocycles. The maximum atomic E-state index is 12.2. The van der Waals surface area contributed by atoms with Gasteiger partial charge in [-0.25, -0.2) is 0 Å². The first-order chi connectivity index (χ1) is 12.5. The molecule has 0 saturated carbocycles. The van der Waals surface area contributed by atoms with Crippen LogP contribution < -0.4 is 10.1 Å². The van der Waals surface area contributed by atoms with Gasteiger partial charge in [0.25, 0.3) is 5.91 Å². The molecule has 1 atom stereocenters. The lowest BCUT2D eigenvalue weighted by Crippen LogP contribution is -2.30. The Labute approximate surface area is 158 Å². The van der Waals surface area contributed by atoms with Crippen molar-refractivity contribution in [3.63, 3.8) is 0 Å². The predicted octanol–water partition coefficient (Wildman–Crippen LogP) is 4.06. The average Bonchev–Trinajstić information content (AvgIpc) is 2.63. The van der Waals surface area contributed by atoms with Gasteiger partial charge < -0.3 is 14.8 Å². The molecule has 0 aliphatic rings. The number of anilines is 1. The second-order valence-corrected chi connectivity index (χ2v) is 6.65. The van der Waals surface area contributed by atoms with Crippen molar-refractivity contribution in [2.45, 2.75) is 31.8 Å². The minimum absolute atomic E-state index is 0.158. The number of hydrogen-bond acceptors (Lipinski definition) is 5. The summed E-state index contributed by atoms with van der Waals surface area (Å²) in [6, 6.07) is 14.8. The van der Waals surface area contributed by atoms with Gasteiger partial charge in [-0.3, -0.25) is 9.59 Å². The summed E-state index contributed by atoms with van der Waals surface area (Å²) in [7, 11) is 0. The normalized spacial score (nSPS) is 11.5. The molecule has 2 rings (SSSR count). The maximum absolute atomic E-state index is 12.2. The Morgan fingerprint density at radius 3 is 2.46 bits per heavy atom. The molecule has 138 valence electrons. The lowest BCUT2D eigenvalue weighted by molar-refractivity contribution is -0.150. The second-order valence-electron chi connectivity index (χ2n) is 5.63. The fourth-order valence-electron chi connectivity index (χ4n) is 2.18. The first-order valence-electron chi connectivity index (χ1n) is 8.41. The lowest BCUT2D eigenvalue weighted by atomic mass is 10.2. The highest BCUT2D eigenvalue weighted by atomic mass is 32.2. The quantitative estimate of drug-likeness (QED) is 0.558. The summed E-state index contributed by atoms with van der Waals surface area (Å²) in [5.41, 5.74) is 1.72. The van der Waals surface area contributed by atoms with Crippen LogP contribution in [0.1, 0.15) is 19.4 Å². The molecule has 0 fully saturated rings. The van der Waals surface area contributed by atoms with Crippen LogP contribution in [0.15, 0.2) is 53.4 Å². The number of amides is 1. The number of ether oxygens (including phenoxy) is 2. The van der Waals surface area contributed by atoms with E-state index in [1.54, 1.807) is 31.2 Å². The van der Waals surface area contributed by atoms with Crippen LogP contribution in [0.3, 0.4) is 0 Å². The Morgan fingerprint density at radius 2 is 1.81 bits per heavy atom. The molecule has 0 saturated heterocycles. The minimum Gasteiger partial charge on any atom is -0.494 e. The van der Waals surface area contributed by atoms with E-state index in [0.29, 0.717) is 12.3 Å². The molecule has 0 radical (unpaired) electrons. The molecule has 0 aliphatic carbocycles. The van der Waals surface area contributed by atoms with Crippen LogP contribution in [0.4, 0.5) is 5.69 Å². The van der Waals surface area contributed by atoms with Gasteiger partial charge in [-0.05, 0) is 56.7 Å². The molecule has 1 amide bonds. The van der Waals surface area contributed by atoms with Gasteiger partial charge in [0.2, 0.25) is 0 Å². The van der Waals surface area contributed by atoms with Crippen LogP contribution in [-0.2, 0) is 14.3 Å². The standard InChI is InChI=1S/C20H23NO4S/c1-4-24-17-11-9-16(10-12-17)21-20(23)15(3)25-19(22)13-26-18-8-6-5-7-14(18)2/h5-12,15H,4,13H2,1-3H3,(H,21,23)/t15-/m0/s1. The first-order valence-corrected chi connectivity index (χ1v) is 9.39. The monoisotopic (exact) mass is 373 g/mol. The molecular formula is C20H23NO4S. The van der Waals surface area contributed by atoms with E-state index in [0.717, 1.165) is 16.2 Å². The fourth-order valence-corrected chi connectivity index (χ4v) is 3.00. The molecule has 6 heteroatoms. The Morgan fingerprint density at radius 1 is 1.12 bits per heavy atom. The zero-order valence-corrected chi connectivity index (χ0v) is 16.0. The molecule has 0 unspecified atom stereocenters. The Hall–Kier alpha value is -2.47. The van der Waals surface area contributed by atoms with E-state index in [9.17, 15) is 9.59 Å². The number of nitrogens with one attached hydrogen (secondary N) is 1. The van der Waals surface area contributed by atoms with Crippen LogP contribution >= 0.6 is 11.8 Å². The fraction of sp³-hybridized carbons (Fsp3) is 0.300. The third-order valence-corrected chi connectivity index (χ3v) is 4.70. The first kappa shape index (κ1) is 19.8. The van der Waals surface area contributed by atoms with Crippen molar-refractivity contribution in [3.05, 3.63) is 54.1 Å². The summed E-state index contributed by atoms with van der Waals surface area (Å²) in [6.07, 6.45) is -0.869. The van der Waals surface area contributed by atoms with Gasteiger partial charge >= 0.3 is 5.97 Å². The van der Waals surface area contributed by atoms with Gasteiger partial charge in [0.05, 0.1) is 12.4 Å². The smallest absolute Gasteiger partial charge is 0.317 e. The van der Waals surface area contributed by atoms with E-state index >= 15 is 0 Å². The van der Waals surface area contributed by atoms with Crippen LogP contribution in [0.5, 0.6) is 5.75 Å². The zero-order valence-electron chi connectivity index (χ0n) is 15.2. The molecule has 0 spiro atoms. The summed E-state index contributed by atoms with van der Waals surface area (Å²) in [4.78, 5) is 25.2. The molecule has 0 heterocycles. The third kappa shape index (κ3) is 6.11. The van der Waals surface area contributed by atoms with Crippen molar-refractivity contribution >= 4 is 29.3 Å². The van der Waals surface area contributed by atoms with E-state index in [1.165, 1.54) is 11.8 Å². The lowest BCUT2D eigenvalue weighted by Gasteiger charge is -2.14. The SMILES string of the molecule is CCOc1ccc(NC(=O)[C@H](C)OC(=O)CSc2ccccc2C)cc1. The van der Waals surface area contributed by atoms with Gasteiger partial charge in [-0.15, -0.1) is 11.8 Å². The average molecular weight is 373 g/mol. The van der Waals surface area contributed by atoms with E-state index in [2.05, 4.69) is 5.32 Å². The van der Waals surface area contributed by atoms with Crippen molar-refractivity contribution in [2.75, 3.05) is 17.7 Å². The van der Waals surface area contributed by atoms with Crippen molar-refractivity contribution < 1.29 is 19.1 Å². The zero-order chi connectivity index (χ0) is 18.9. The number of hydrogen-bond donors (Lipinski definition) is 1. The molecular weight excluding hydrogens is 350 g/mol. The number of carbonyl (C=O) groups is 2. The van der Waals surface area contributed by atoms with Crippen molar-refractivity contribution in [3.8, 4) is 5.75 Å². The van der Waals surface area contributed by atoms with Crippen molar-refractivity contribution in [1.29, 1.82) is 0 Å². The topological polar surface area (TPSA) is 64.6 Å². The van der Waals surface area contributed by atoms with Gasteiger partial charge in [0.1, 0.15) is 5.75 Å². The largest absolute Gasteiger partial charge is 0.494 e. The predicted molar refractivity (Wildman–Crippen MR) is 104 cm³/mol. The summed E-state index contributed by atoms with van der Waals surface area (Å²) in [6.45, 7) is 6.03. The third-order valence-electron chi connectivity index (χ3n) is 3.55. The Balaban J connectivity index is 1.80. The Kier molecular flexibility index (Phi) is 7.53. The number of rotatable bonds is 8. The van der Waals surface area contributed by atoms with Crippen molar-refractivity contribution in [2.24, 2.45) is 0 Å². The number of esters is 1. The molecule has 2 aromatic rings. The summed E-state index contributed by atoms with van der Waals surface area (Å²) in [5, 5.41) is 2.72. The minimum atomic E-state index is -0.869. The number of benzene rings is 2. The van der Waals surface area contributed by atoms with Crippen LogP contribution in [0.25, 0.3) is 0 Å². The highest BCUT2D eigenvalue weighted by Crippen LogP contribution is 2.22. The van der Waals surface area contributed by atoms with Gasteiger partial charge in [-0.2, -0.15) is 0 Å². The van der Waals surface area contributed by atoms with E-state index in [-0.39, 0.29) is 11.7 Å². The van der Waals surface area contributed by atoms with E-state index < -0.39 is 12.1 Å². The van der Waals surface area contributed by atoms with Gasteiger partial charge in [0, 0.05) is 10.6 Å². The molecule has 0 aliphatic heterocycles. The highest BCUT2D eigenvalue weighted by Gasteiger charge is 2.18. The maximum Gasteiger partial charge on any atom is 0.317 e. The molecule has 1 N–H and O–H groups in total. The number of thioether (sulfide) groups is 1. The number of carbonyl (C=O) groups excluding carboxylic acids is 2. The van der Waals surface area contributed by atoms with Crippen LogP contribution in [-0.4, -0.2) is 30.3 Å². The van der Waals surface area contributed by atoms with Gasteiger partial charge in [-0.1, -0.05) is 18.2 Å². The molecule has 5 nitrogen and oxygen atoms in total. The highest BCUT2D eigenvalue weighted by molar-refractivity contribution is 8.00. The van der Waals surface area contributed by atoms with Crippen molar-refractivity contribution in [1.82, 2.24) is 0 Å². The van der Waals surface area contributed by atoms with Crippen LogP contribution in [0.2, 0.25) is 0 Å². The summed E-state index contributed by atoms with van der Waals surface area (Å²) in [5.74, 6) is 0.0973. The van der Waals surface area contributed by atoms with Crippen LogP contribution in [0, 0.1) is 6.92 Å². The summed E-state index contributed by atoms with van der Waals surface area (Å²) >= 11 is 1.40. The summed E-state index contributed by atoms with van der Waals surface area (Å²) < 4.78 is 10.6.